The van der Waals surface area contributed by atoms with Crippen molar-refractivity contribution in [1.29, 1.82) is 0 Å². The van der Waals surface area contributed by atoms with Crippen LogP contribution in [0.3, 0.4) is 0 Å². The van der Waals surface area contributed by atoms with Gasteiger partial charge in [-0.25, -0.2) is 9.97 Å². The number of β-amino-alcohol motifs (C(OH)–C–C–N with tert-alkyl or cyclic N) is 1. The van der Waals surface area contributed by atoms with Crippen LogP contribution in [0.15, 0.2) is 41.4 Å². The molecule has 178 valence electrons. The number of hydrogen-bond donors (Lipinski definition) is 3. The molecule has 5 rings (SSSR count). The summed E-state index contributed by atoms with van der Waals surface area (Å²) in [6, 6.07) is 9.50. The fourth-order valence-electron chi connectivity index (χ4n) is 4.51. The van der Waals surface area contributed by atoms with Crippen LogP contribution in [0.2, 0.25) is 0 Å². The molecule has 3 aromatic heterocycles. The molecule has 1 fully saturated rings. The second-order valence-corrected chi connectivity index (χ2v) is 9.69. The second-order valence-electron chi connectivity index (χ2n) is 8.67. The first-order valence-corrected chi connectivity index (χ1v) is 12.4. The van der Waals surface area contributed by atoms with Crippen LogP contribution in [-0.2, 0) is 11.3 Å². The minimum atomic E-state index is -0.649. The number of ether oxygens (including phenoxy) is 1. The summed E-state index contributed by atoms with van der Waals surface area (Å²) in [5, 5.41) is 17.3. The van der Waals surface area contributed by atoms with Gasteiger partial charge in [-0.2, -0.15) is 0 Å². The lowest BCUT2D eigenvalue weighted by Gasteiger charge is -2.21. The van der Waals surface area contributed by atoms with E-state index in [1.54, 1.807) is 19.4 Å². The molecule has 0 bridgehead atoms. The van der Waals surface area contributed by atoms with E-state index in [0.29, 0.717) is 42.0 Å². The quantitative estimate of drug-likeness (QED) is 0.447. The van der Waals surface area contributed by atoms with Crippen molar-refractivity contribution < 1.29 is 14.6 Å². The number of rotatable bonds is 8. The molecule has 0 saturated carbocycles. The van der Waals surface area contributed by atoms with Crippen LogP contribution in [0, 0.1) is 5.92 Å². The van der Waals surface area contributed by atoms with Gasteiger partial charge < -0.3 is 25.4 Å². The number of aliphatic hydroxyl groups is 1. The number of methoxy groups -OCH3 is 1. The van der Waals surface area contributed by atoms with E-state index in [0.717, 1.165) is 47.7 Å². The van der Waals surface area contributed by atoms with Crippen LogP contribution in [0.25, 0.3) is 11.0 Å². The van der Waals surface area contributed by atoms with Gasteiger partial charge in [0.05, 0.1) is 40.6 Å². The number of amides is 1. The number of pyridine rings is 3. The normalized spacial score (nSPS) is 19.1. The summed E-state index contributed by atoms with van der Waals surface area (Å²) >= 11 is 1.52. The van der Waals surface area contributed by atoms with Crippen molar-refractivity contribution in [1.82, 2.24) is 25.2 Å². The summed E-state index contributed by atoms with van der Waals surface area (Å²) in [4.78, 5) is 28.3. The molecule has 0 radical (unpaired) electrons. The van der Waals surface area contributed by atoms with Crippen molar-refractivity contribution in [3.05, 3.63) is 47.8 Å². The molecule has 3 N–H and O–H groups in total. The minimum Gasteiger partial charge on any atom is -0.481 e. The van der Waals surface area contributed by atoms with Crippen molar-refractivity contribution in [2.75, 3.05) is 44.4 Å². The highest BCUT2D eigenvalue weighted by atomic mass is 32.2. The topological polar surface area (TPSA) is 113 Å². The Balaban J connectivity index is 1.13. The summed E-state index contributed by atoms with van der Waals surface area (Å²) in [5.41, 5.74) is 3.11. The van der Waals surface area contributed by atoms with Crippen LogP contribution < -0.4 is 15.4 Å². The van der Waals surface area contributed by atoms with Gasteiger partial charge in [0.25, 0.3) is 0 Å². The van der Waals surface area contributed by atoms with Crippen molar-refractivity contribution in [3.8, 4) is 5.88 Å². The lowest BCUT2D eigenvalue weighted by molar-refractivity contribution is -0.113. The molecule has 2 aliphatic rings. The Kier molecular flexibility index (Phi) is 6.91. The molecule has 2 atom stereocenters. The number of anilines is 1. The molecule has 2 aliphatic heterocycles. The molecule has 10 heteroatoms. The van der Waals surface area contributed by atoms with E-state index in [4.69, 9.17) is 4.74 Å². The van der Waals surface area contributed by atoms with Gasteiger partial charge in [0.15, 0.2) is 0 Å². The van der Waals surface area contributed by atoms with Crippen molar-refractivity contribution in [3.63, 3.8) is 0 Å². The van der Waals surface area contributed by atoms with Crippen LogP contribution in [0.1, 0.15) is 23.8 Å². The van der Waals surface area contributed by atoms with E-state index in [9.17, 15) is 9.90 Å². The Morgan fingerprint density at radius 1 is 1.29 bits per heavy atom. The van der Waals surface area contributed by atoms with Gasteiger partial charge in [-0.3, -0.25) is 9.78 Å². The second kappa shape index (κ2) is 10.2. The van der Waals surface area contributed by atoms with Gasteiger partial charge in [0.2, 0.25) is 11.8 Å². The molecular weight excluding hydrogens is 452 g/mol. The molecule has 34 heavy (non-hydrogen) atoms. The maximum absolute atomic E-state index is 11.6. The molecule has 5 heterocycles. The third-order valence-electron chi connectivity index (χ3n) is 6.23. The van der Waals surface area contributed by atoms with Crippen molar-refractivity contribution >= 4 is 34.5 Å². The highest BCUT2D eigenvalue weighted by Crippen LogP contribution is 2.30. The van der Waals surface area contributed by atoms with E-state index in [2.05, 4.69) is 30.5 Å². The predicted molar refractivity (Wildman–Crippen MR) is 131 cm³/mol. The highest BCUT2D eigenvalue weighted by Gasteiger charge is 2.25. The lowest BCUT2D eigenvalue weighted by atomic mass is 10.1. The molecule has 3 aromatic rings. The smallest absolute Gasteiger partial charge is 0.235 e. The van der Waals surface area contributed by atoms with E-state index in [-0.39, 0.29) is 5.91 Å². The van der Waals surface area contributed by atoms with Crippen molar-refractivity contribution in [2.24, 2.45) is 5.92 Å². The van der Waals surface area contributed by atoms with E-state index in [1.807, 2.05) is 24.3 Å². The third kappa shape index (κ3) is 5.15. The fourth-order valence-corrected chi connectivity index (χ4v) is 5.26. The molecule has 0 aromatic carbocycles. The lowest BCUT2D eigenvalue weighted by Crippen LogP contribution is -2.29. The standard InChI is InChI=1S/C24H28N6O3S/c1-33-22-5-3-18-23(29-22)17(6-8-26-18)19(31)13-30-9-7-15(12-30)10-25-11-16-2-4-20-24(27-16)28-21(32)14-34-20/h2-6,8,15,19,25,31H,7,9-14H2,1H3,(H,27,28,32)/t15?,19-/m1/s1. The molecule has 9 nitrogen and oxygen atoms in total. The van der Waals surface area contributed by atoms with Gasteiger partial charge >= 0.3 is 0 Å². The number of aliphatic hydroxyl groups excluding tert-OH is 1. The monoisotopic (exact) mass is 480 g/mol. The molecule has 0 aliphatic carbocycles. The van der Waals surface area contributed by atoms with E-state index >= 15 is 0 Å². The predicted octanol–water partition coefficient (Wildman–Crippen LogP) is 2.22. The Labute approximate surface area is 202 Å². The number of carbonyl (C=O) groups excluding carboxylic acids is 1. The minimum absolute atomic E-state index is 0.00183. The van der Waals surface area contributed by atoms with Gasteiger partial charge in [-0.1, -0.05) is 0 Å². The number of fused-ring (bicyclic) bond motifs is 2. The summed E-state index contributed by atoms with van der Waals surface area (Å²) in [6.45, 7) is 3.96. The van der Waals surface area contributed by atoms with Gasteiger partial charge in [0.1, 0.15) is 5.82 Å². The summed E-state index contributed by atoms with van der Waals surface area (Å²) in [6.07, 6.45) is 2.14. The average molecular weight is 481 g/mol. The highest BCUT2D eigenvalue weighted by molar-refractivity contribution is 8.00. The first kappa shape index (κ1) is 23.0. The first-order chi connectivity index (χ1) is 16.6. The zero-order valence-corrected chi connectivity index (χ0v) is 19.8. The summed E-state index contributed by atoms with van der Waals surface area (Å²) in [7, 11) is 1.58. The van der Waals surface area contributed by atoms with E-state index < -0.39 is 6.10 Å². The molecule has 1 saturated heterocycles. The zero-order chi connectivity index (χ0) is 23.5. The SMILES string of the molecule is COc1ccc2nccc([C@H](O)CN3CCC(CNCc4ccc5c(n4)NC(=O)CS5)C3)c2n1. The molecule has 0 spiro atoms. The number of likely N-dealkylation sites (tertiary alicyclic amines) is 1. The van der Waals surface area contributed by atoms with Crippen molar-refractivity contribution in [2.45, 2.75) is 24.0 Å². The Morgan fingerprint density at radius 3 is 3.09 bits per heavy atom. The van der Waals surface area contributed by atoms with Gasteiger partial charge in [0, 0.05) is 37.5 Å². The molecular formula is C24H28N6O3S. The van der Waals surface area contributed by atoms with Gasteiger partial charge in [-0.05, 0) is 49.7 Å². The van der Waals surface area contributed by atoms with E-state index in [1.165, 1.54) is 11.8 Å². The maximum Gasteiger partial charge on any atom is 0.235 e. The van der Waals surface area contributed by atoms with Gasteiger partial charge in [-0.15, -0.1) is 11.8 Å². The van der Waals surface area contributed by atoms with Crippen LogP contribution in [0.4, 0.5) is 5.82 Å². The first-order valence-electron chi connectivity index (χ1n) is 11.4. The number of hydrogen-bond acceptors (Lipinski definition) is 9. The largest absolute Gasteiger partial charge is 0.481 e. The average Bonchev–Trinajstić information content (AvgIpc) is 3.30. The number of aromatic nitrogens is 3. The Morgan fingerprint density at radius 2 is 2.21 bits per heavy atom. The Bertz CT molecular complexity index is 1190. The molecule has 1 unspecified atom stereocenters. The number of nitrogens with one attached hydrogen (secondary N) is 2. The molecule has 1 amide bonds. The maximum atomic E-state index is 11.6. The number of carbonyl (C=O) groups is 1. The van der Waals surface area contributed by atoms with Crippen LogP contribution >= 0.6 is 11.8 Å². The number of nitrogens with zero attached hydrogens (tertiary/aromatic N) is 4. The zero-order valence-electron chi connectivity index (χ0n) is 19.0. The fraction of sp³-hybridized carbons (Fsp3) is 0.417. The Hall–Kier alpha value is -2.79. The van der Waals surface area contributed by atoms with Crippen LogP contribution in [0.5, 0.6) is 5.88 Å². The summed E-state index contributed by atoms with van der Waals surface area (Å²) < 4.78 is 5.24. The summed E-state index contributed by atoms with van der Waals surface area (Å²) in [5.74, 6) is 2.12. The van der Waals surface area contributed by atoms with Crippen LogP contribution in [-0.4, -0.2) is 69.9 Å². The third-order valence-corrected chi connectivity index (χ3v) is 7.28. The number of thioether (sulfide) groups is 1.